The summed E-state index contributed by atoms with van der Waals surface area (Å²) in [6, 6.07) is 8.61. The SMILES string of the molecule is CCCC1CC(C)C(=O)N2CCCc3c([nH]c4ccccc34)C12C.Cl. The monoisotopic (exact) mass is 360 g/mol. The summed E-state index contributed by atoms with van der Waals surface area (Å²) in [7, 11) is 0. The van der Waals surface area contributed by atoms with E-state index in [-0.39, 0.29) is 23.9 Å². The molecule has 1 amide bonds. The normalized spacial score (nSPS) is 28.9. The summed E-state index contributed by atoms with van der Waals surface area (Å²) in [5.74, 6) is 1.03. The summed E-state index contributed by atoms with van der Waals surface area (Å²) >= 11 is 0. The largest absolute Gasteiger partial charge is 0.356 e. The number of amides is 1. The highest BCUT2D eigenvalue weighted by atomic mass is 35.5. The molecule has 0 bridgehead atoms. The van der Waals surface area contributed by atoms with Crippen LogP contribution in [0.1, 0.15) is 57.7 Å². The zero-order valence-electron chi connectivity index (χ0n) is 15.5. The predicted octanol–water partition coefficient (Wildman–Crippen LogP) is 5.04. The molecule has 2 aliphatic heterocycles. The van der Waals surface area contributed by atoms with Gasteiger partial charge in [-0.05, 0) is 50.2 Å². The molecule has 136 valence electrons. The number of aryl methyl sites for hydroxylation is 1. The van der Waals surface area contributed by atoms with Crippen molar-refractivity contribution in [2.45, 2.75) is 58.4 Å². The lowest BCUT2D eigenvalue weighted by Gasteiger charge is -2.51. The minimum atomic E-state index is -0.190. The van der Waals surface area contributed by atoms with Crippen molar-refractivity contribution in [2.75, 3.05) is 6.54 Å². The van der Waals surface area contributed by atoms with Crippen molar-refractivity contribution in [3.05, 3.63) is 35.5 Å². The number of aromatic nitrogens is 1. The molecule has 0 saturated carbocycles. The van der Waals surface area contributed by atoms with Crippen molar-refractivity contribution in [2.24, 2.45) is 11.8 Å². The summed E-state index contributed by atoms with van der Waals surface area (Å²) in [6.45, 7) is 7.58. The van der Waals surface area contributed by atoms with E-state index in [9.17, 15) is 4.79 Å². The molecular weight excluding hydrogens is 332 g/mol. The maximum atomic E-state index is 13.0. The smallest absolute Gasteiger partial charge is 0.226 e. The number of carbonyl (C=O) groups excluding carboxylic acids is 1. The maximum Gasteiger partial charge on any atom is 0.226 e. The third-order valence-corrected chi connectivity index (χ3v) is 6.45. The first kappa shape index (κ1) is 18.3. The van der Waals surface area contributed by atoms with E-state index in [0.29, 0.717) is 11.8 Å². The molecule has 4 rings (SSSR count). The molecule has 1 saturated heterocycles. The minimum absolute atomic E-state index is 0. The van der Waals surface area contributed by atoms with E-state index in [4.69, 9.17) is 0 Å². The fourth-order valence-corrected chi connectivity index (χ4v) is 5.21. The zero-order valence-corrected chi connectivity index (χ0v) is 16.3. The summed E-state index contributed by atoms with van der Waals surface area (Å²) in [5.41, 5.74) is 3.77. The van der Waals surface area contributed by atoms with Crippen LogP contribution >= 0.6 is 12.4 Å². The maximum absolute atomic E-state index is 13.0. The topological polar surface area (TPSA) is 36.1 Å². The van der Waals surface area contributed by atoms with E-state index in [1.165, 1.54) is 35.0 Å². The second-order valence-electron chi connectivity index (χ2n) is 7.89. The number of nitrogens with zero attached hydrogens (tertiary/aromatic N) is 1. The molecular formula is C21H29ClN2O. The third kappa shape index (κ3) is 2.59. The number of para-hydroxylation sites is 1. The molecule has 1 aromatic heterocycles. The van der Waals surface area contributed by atoms with Crippen molar-refractivity contribution in [1.29, 1.82) is 0 Å². The van der Waals surface area contributed by atoms with Gasteiger partial charge in [-0.15, -0.1) is 12.4 Å². The fraction of sp³-hybridized carbons (Fsp3) is 0.571. The van der Waals surface area contributed by atoms with Gasteiger partial charge < -0.3 is 9.88 Å². The molecule has 25 heavy (non-hydrogen) atoms. The number of benzene rings is 1. The van der Waals surface area contributed by atoms with Gasteiger partial charge >= 0.3 is 0 Å². The highest BCUT2D eigenvalue weighted by molar-refractivity contribution is 5.87. The number of halogens is 1. The van der Waals surface area contributed by atoms with E-state index in [1.54, 1.807) is 0 Å². The van der Waals surface area contributed by atoms with Crippen molar-refractivity contribution in [1.82, 2.24) is 9.88 Å². The highest BCUT2D eigenvalue weighted by Gasteiger charge is 2.51. The summed E-state index contributed by atoms with van der Waals surface area (Å²) in [4.78, 5) is 18.9. The Hall–Kier alpha value is -1.48. The molecule has 3 heterocycles. The lowest BCUT2D eigenvalue weighted by atomic mass is 9.70. The third-order valence-electron chi connectivity index (χ3n) is 6.45. The number of hydrogen-bond acceptors (Lipinski definition) is 1. The molecule has 1 N–H and O–H groups in total. The van der Waals surface area contributed by atoms with Gasteiger partial charge in [0, 0.05) is 29.1 Å². The molecule has 3 atom stereocenters. The standard InChI is InChI=1S/C21H28N2O.ClH/c1-4-8-15-13-14(2)20(24)23-12-7-10-17-16-9-5-6-11-18(16)22-19(17)21(15,23)3;/h5-6,9,11,14-15,22H,4,7-8,10,12-13H2,1-3H3;1H. The summed E-state index contributed by atoms with van der Waals surface area (Å²) in [6.07, 6.45) is 5.48. The molecule has 0 radical (unpaired) electrons. The van der Waals surface area contributed by atoms with Crippen molar-refractivity contribution in [3.8, 4) is 0 Å². The van der Waals surface area contributed by atoms with Crippen LogP contribution in [0.15, 0.2) is 24.3 Å². The molecule has 3 unspecified atom stereocenters. The number of rotatable bonds is 2. The van der Waals surface area contributed by atoms with Gasteiger partial charge in [0.05, 0.1) is 5.54 Å². The first-order chi connectivity index (χ1) is 11.6. The Balaban J connectivity index is 0.00000182. The van der Waals surface area contributed by atoms with E-state index >= 15 is 0 Å². The van der Waals surface area contributed by atoms with Gasteiger partial charge in [-0.2, -0.15) is 0 Å². The van der Waals surface area contributed by atoms with Gasteiger partial charge in [-0.1, -0.05) is 38.5 Å². The number of fused-ring (bicyclic) bond motifs is 5. The lowest BCUT2D eigenvalue weighted by Crippen LogP contribution is -2.58. The van der Waals surface area contributed by atoms with Gasteiger partial charge in [0.2, 0.25) is 5.91 Å². The van der Waals surface area contributed by atoms with Gasteiger partial charge in [-0.3, -0.25) is 4.79 Å². The van der Waals surface area contributed by atoms with Crippen molar-refractivity contribution >= 4 is 29.2 Å². The fourth-order valence-electron chi connectivity index (χ4n) is 5.21. The van der Waals surface area contributed by atoms with Crippen LogP contribution in [0, 0.1) is 11.8 Å². The molecule has 0 aliphatic carbocycles. The van der Waals surface area contributed by atoms with E-state index in [2.05, 4.69) is 54.9 Å². The Morgan fingerprint density at radius 2 is 2.08 bits per heavy atom. The van der Waals surface area contributed by atoms with Crippen molar-refractivity contribution in [3.63, 3.8) is 0 Å². The second kappa shape index (κ2) is 6.68. The molecule has 4 heteroatoms. The van der Waals surface area contributed by atoms with Gasteiger partial charge in [0.1, 0.15) is 0 Å². The van der Waals surface area contributed by atoms with E-state index in [0.717, 1.165) is 25.8 Å². The number of hydrogen-bond donors (Lipinski definition) is 1. The van der Waals surface area contributed by atoms with E-state index < -0.39 is 0 Å². The predicted molar refractivity (Wildman–Crippen MR) is 105 cm³/mol. The van der Waals surface area contributed by atoms with Crippen LogP contribution in [0.3, 0.4) is 0 Å². The molecule has 1 aromatic carbocycles. The quantitative estimate of drug-likeness (QED) is 0.800. The second-order valence-corrected chi connectivity index (χ2v) is 7.89. The number of nitrogens with one attached hydrogen (secondary N) is 1. The van der Waals surface area contributed by atoms with Crippen LogP contribution in [0.2, 0.25) is 0 Å². The average Bonchev–Trinajstić information content (AvgIpc) is 2.88. The Bertz CT molecular complexity index is 783. The van der Waals surface area contributed by atoms with Crippen molar-refractivity contribution < 1.29 is 4.79 Å². The van der Waals surface area contributed by atoms with Gasteiger partial charge in [-0.25, -0.2) is 0 Å². The van der Waals surface area contributed by atoms with Crippen LogP contribution in [0.4, 0.5) is 0 Å². The first-order valence-electron chi connectivity index (χ1n) is 9.49. The van der Waals surface area contributed by atoms with Crippen LogP contribution in [0.25, 0.3) is 10.9 Å². The Labute approximate surface area is 156 Å². The first-order valence-corrected chi connectivity index (χ1v) is 9.49. The Morgan fingerprint density at radius 1 is 1.32 bits per heavy atom. The summed E-state index contributed by atoms with van der Waals surface area (Å²) < 4.78 is 0. The highest BCUT2D eigenvalue weighted by Crippen LogP contribution is 2.49. The zero-order chi connectivity index (χ0) is 16.9. The number of piperidine rings is 1. The van der Waals surface area contributed by atoms with Crippen LogP contribution in [0.5, 0.6) is 0 Å². The van der Waals surface area contributed by atoms with Crippen LogP contribution in [-0.2, 0) is 16.8 Å². The van der Waals surface area contributed by atoms with Crippen LogP contribution < -0.4 is 0 Å². The number of carbonyl (C=O) groups is 1. The molecule has 2 aliphatic rings. The average molecular weight is 361 g/mol. The Kier molecular flexibility index (Phi) is 4.89. The lowest BCUT2D eigenvalue weighted by molar-refractivity contribution is -0.152. The minimum Gasteiger partial charge on any atom is -0.356 e. The molecule has 0 spiro atoms. The molecule has 1 fully saturated rings. The number of aromatic amines is 1. The number of H-pyrrole nitrogens is 1. The van der Waals surface area contributed by atoms with E-state index in [1.807, 2.05) is 0 Å². The molecule has 3 nitrogen and oxygen atoms in total. The summed E-state index contributed by atoms with van der Waals surface area (Å²) in [5, 5.41) is 1.34. The molecule has 2 aromatic rings. The van der Waals surface area contributed by atoms with Gasteiger partial charge in [0.15, 0.2) is 0 Å². The Morgan fingerprint density at radius 3 is 2.84 bits per heavy atom. The van der Waals surface area contributed by atoms with Crippen LogP contribution in [-0.4, -0.2) is 22.3 Å². The van der Waals surface area contributed by atoms with Gasteiger partial charge in [0.25, 0.3) is 0 Å².